The molecule has 0 aliphatic heterocycles. The standard InChI is InChI=1S/C16H26ClN3O/c1-4-9-20(10-5-2)15(6-3)16(21)19-14-8-7-12(18)11-13(14)17/h7-8,11,15H,4-6,9-10,18H2,1-3H3,(H,19,21). The van der Waals surface area contributed by atoms with Gasteiger partial charge in [0.2, 0.25) is 5.91 Å². The highest BCUT2D eigenvalue weighted by atomic mass is 35.5. The number of carbonyl (C=O) groups excluding carboxylic acids is 1. The minimum atomic E-state index is -0.126. The number of hydrogen-bond acceptors (Lipinski definition) is 3. The molecule has 21 heavy (non-hydrogen) atoms. The van der Waals surface area contributed by atoms with Crippen LogP contribution in [0.1, 0.15) is 40.0 Å². The molecule has 1 atom stereocenters. The lowest BCUT2D eigenvalue weighted by Crippen LogP contribution is -2.44. The van der Waals surface area contributed by atoms with Gasteiger partial charge in [-0.05, 0) is 50.6 Å². The fourth-order valence-corrected chi connectivity index (χ4v) is 2.69. The van der Waals surface area contributed by atoms with Crippen molar-refractivity contribution >= 4 is 28.9 Å². The van der Waals surface area contributed by atoms with Crippen molar-refractivity contribution in [3.8, 4) is 0 Å². The second-order valence-corrected chi connectivity index (χ2v) is 5.60. The van der Waals surface area contributed by atoms with Gasteiger partial charge >= 0.3 is 0 Å². The van der Waals surface area contributed by atoms with Gasteiger partial charge in [-0.2, -0.15) is 0 Å². The van der Waals surface area contributed by atoms with E-state index in [0.29, 0.717) is 16.4 Å². The van der Waals surface area contributed by atoms with Crippen molar-refractivity contribution in [1.82, 2.24) is 4.90 Å². The molecule has 4 nitrogen and oxygen atoms in total. The second-order valence-electron chi connectivity index (χ2n) is 5.19. The molecule has 0 heterocycles. The van der Waals surface area contributed by atoms with Crippen molar-refractivity contribution in [2.45, 2.75) is 46.1 Å². The molecule has 0 fully saturated rings. The molecule has 3 N–H and O–H groups in total. The van der Waals surface area contributed by atoms with E-state index in [0.717, 1.165) is 32.4 Å². The summed E-state index contributed by atoms with van der Waals surface area (Å²) in [5.41, 5.74) is 6.87. The maximum atomic E-state index is 12.5. The Hall–Kier alpha value is -1.26. The molecule has 0 spiro atoms. The van der Waals surface area contributed by atoms with E-state index in [1.54, 1.807) is 18.2 Å². The Balaban J connectivity index is 2.82. The summed E-state index contributed by atoms with van der Waals surface area (Å²) in [6.07, 6.45) is 2.84. The van der Waals surface area contributed by atoms with Crippen LogP contribution in [0.25, 0.3) is 0 Å². The van der Waals surface area contributed by atoms with Gasteiger partial charge in [-0.1, -0.05) is 32.4 Å². The van der Waals surface area contributed by atoms with E-state index in [2.05, 4.69) is 24.1 Å². The third-order valence-electron chi connectivity index (χ3n) is 3.40. The van der Waals surface area contributed by atoms with Crippen LogP contribution in [0, 0.1) is 0 Å². The molecule has 0 aliphatic carbocycles. The highest BCUT2D eigenvalue weighted by molar-refractivity contribution is 6.34. The molecule has 0 saturated heterocycles. The van der Waals surface area contributed by atoms with Crippen molar-refractivity contribution < 1.29 is 4.79 Å². The fourth-order valence-electron chi connectivity index (χ4n) is 2.46. The molecule has 0 bridgehead atoms. The van der Waals surface area contributed by atoms with E-state index in [1.807, 2.05) is 6.92 Å². The van der Waals surface area contributed by atoms with E-state index < -0.39 is 0 Å². The van der Waals surface area contributed by atoms with Crippen LogP contribution in [-0.4, -0.2) is 29.9 Å². The molecule has 0 aliphatic rings. The van der Waals surface area contributed by atoms with Gasteiger partial charge in [-0.25, -0.2) is 0 Å². The smallest absolute Gasteiger partial charge is 0.241 e. The van der Waals surface area contributed by atoms with E-state index >= 15 is 0 Å². The Kier molecular flexibility index (Phi) is 7.54. The summed E-state index contributed by atoms with van der Waals surface area (Å²) < 4.78 is 0. The number of amides is 1. The van der Waals surface area contributed by atoms with Crippen LogP contribution in [0.15, 0.2) is 18.2 Å². The van der Waals surface area contributed by atoms with Gasteiger partial charge in [0.05, 0.1) is 16.8 Å². The van der Waals surface area contributed by atoms with Crippen molar-refractivity contribution in [2.75, 3.05) is 24.1 Å². The van der Waals surface area contributed by atoms with E-state index in [1.165, 1.54) is 0 Å². The zero-order valence-electron chi connectivity index (χ0n) is 13.2. The Morgan fingerprint density at radius 2 is 1.90 bits per heavy atom. The lowest BCUT2D eigenvalue weighted by molar-refractivity contribution is -0.121. The van der Waals surface area contributed by atoms with Crippen LogP contribution >= 0.6 is 11.6 Å². The largest absolute Gasteiger partial charge is 0.399 e. The van der Waals surface area contributed by atoms with Gasteiger partial charge in [-0.15, -0.1) is 0 Å². The molecule has 1 unspecified atom stereocenters. The Bertz CT molecular complexity index is 459. The van der Waals surface area contributed by atoms with Crippen molar-refractivity contribution in [2.24, 2.45) is 0 Å². The minimum Gasteiger partial charge on any atom is -0.399 e. The van der Waals surface area contributed by atoms with Crippen LogP contribution < -0.4 is 11.1 Å². The van der Waals surface area contributed by atoms with Crippen LogP contribution in [0.3, 0.4) is 0 Å². The molecular weight excluding hydrogens is 286 g/mol. The predicted molar refractivity (Wildman–Crippen MR) is 90.7 cm³/mol. The maximum absolute atomic E-state index is 12.5. The number of nitrogen functional groups attached to an aromatic ring is 1. The summed E-state index contributed by atoms with van der Waals surface area (Å²) in [5.74, 6) is -0.00827. The normalized spacial score (nSPS) is 12.4. The number of rotatable bonds is 8. The summed E-state index contributed by atoms with van der Waals surface area (Å²) in [7, 11) is 0. The first-order valence-corrected chi connectivity index (χ1v) is 8.01. The SMILES string of the molecule is CCCN(CCC)C(CC)C(=O)Nc1ccc(N)cc1Cl. The summed E-state index contributed by atoms with van der Waals surface area (Å²) in [6.45, 7) is 8.14. The number of anilines is 2. The Morgan fingerprint density at radius 3 is 2.38 bits per heavy atom. The lowest BCUT2D eigenvalue weighted by Gasteiger charge is -2.29. The van der Waals surface area contributed by atoms with Crippen molar-refractivity contribution in [1.29, 1.82) is 0 Å². The third-order valence-corrected chi connectivity index (χ3v) is 3.72. The van der Waals surface area contributed by atoms with Gasteiger partial charge in [0.1, 0.15) is 0 Å². The molecule has 1 amide bonds. The molecule has 0 saturated carbocycles. The number of nitrogens with two attached hydrogens (primary N) is 1. The van der Waals surface area contributed by atoms with Crippen molar-refractivity contribution in [3.63, 3.8) is 0 Å². The van der Waals surface area contributed by atoms with Gasteiger partial charge in [0.25, 0.3) is 0 Å². The zero-order chi connectivity index (χ0) is 15.8. The maximum Gasteiger partial charge on any atom is 0.241 e. The molecule has 118 valence electrons. The molecule has 0 radical (unpaired) electrons. The minimum absolute atomic E-state index is 0.00827. The highest BCUT2D eigenvalue weighted by Crippen LogP contribution is 2.24. The molecule has 1 rings (SSSR count). The van der Waals surface area contributed by atoms with Crippen LogP contribution in [0.2, 0.25) is 5.02 Å². The summed E-state index contributed by atoms with van der Waals surface area (Å²) in [6, 6.07) is 5.00. The molecular formula is C16H26ClN3O. The zero-order valence-corrected chi connectivity index (χ0v) is 13.9. The van der Waals surface area contributed by atoms with E-state index in [4.69, 9.17) is 17.3 Å². The second kappa shape index (κ2) is 8.90. The Morgan fingerprint density at radius 1 is 1.29 bits per heavy atom. The summed E-state index contributed by atoms with van der Waals surface area (Å²) in [5, 5.41) is 3.39. The topological polar surface area (TPSA) is 58.4 Å². The van der Waals surface area contributed by atoms with Crippen LogP contribution in [0.4, 0.5) is 11.4 Å². The van der Waals surface area contributed by atoms with E-state index in [-0.39, 0.29) is 11.9 Å². The number of nitrogens with one attached hydrogen (secondary N) is 1. The van der Waals surface area contributed by atoms with Gasteiger partial charge in [-0.3, -0.25) is 9.69 Å². The lowest BCUT2D eigenvalue weighted by atomic mass is 10.1. The monoisotopic (exact) mass is 311 g/mol. The van der Waals surface area contributed by atoms with Gasteiger partial charge < -0.3 is 11.1 Å². The van der Waals surface area contributed by atoms with Gasteiger partial charge in [0, 0.05) is 5.69 Å². The third kappa shape index (κ3) is 5.21. The fraction of sp³-hybridized carbons (Fsp3) is 0.562. The summed E-state index contributed by atoms with van der Waals surface area (Å²) >= 11 is 6.12. The van der Waals surface area contributed by atoms with Crippen molar-refractivity contribution in [3.05, 3.63) is 23.2 Å². The predicted octanol–water partition coefficient (Wildman–Crippen LogP) is 3.76. The quantitative estimate of drug-likeness (QED) is 0.719. The first-order chi connectivity index (χ1) is 10.0. The molecule has 5 heteroatoms. The number of hydrogen-bond donors (Lipinski definition) is 2. The number of carbonyl (C=O) groups is 1. The number of halogens is 1. The summed E-state index contributed by atoms with van der Waals surface area (Å²) in [4.78, 5) is 14.8. The first-order valence-electron chi connectivity index (χ1n) is 7.63. The average Bonchev–Trinajstić information content (AvgIpc) is 2.43. The molecule has 1 aromatic carbocycles. The van der Waals surface area contributed by atoms with Gasteiger partial charge in [0.15, 0.2) is 0 Å². The highest BCUT2D eigenvalue weighted by Gasteiger charge is 2.23. The average molecular weight is 312 g/mol. The number of nitrogens with zero attached hydrogens (tertiary/aromatic N) is 1. The molecule has 0 aromatic heterocycles. The first kappa shape index (κ1) is 17.8. The Labute approximate surface area is 132 Å². The number of benzene rings is 1. The molecule has 1 aromatic rings. The van der Waals surface area contributed by atoms with Crippen LogP contribution in [-0.2, 0) is 4.79 Å². The van der Waals surface area contributed by atoms with Crippen LogP contribution in [0.5, 0.6) is 0 Å². The van der Waals surface area contributed by atoms with E-state index in [9.17, 15) is 4.79 Å².